The maximum absolute atomic E-state index is 10.0. The van der Waals surface area contributed by atoms with Crippen LogP contribution in [0.15, 0.2) is 4.99 Å². The molecule has 2 heterocycles. The molecule has 0 amide bonds. The highest BCUT2D eigenvalue weighted by Crippen LogP contribution is 2.17. The smallest absolute Gasteiger partial charge is 0.107 e. The van der Waals surface area contributed by atoms with Crippen molar-refractivity contribution in [1.29, 1.82) is 0 Å². The molecule has 1 fully saturated rings. The Labute approximate surface area is 90.7 Å². The lowest BCUT2D eigenvalue weighted by molar-refractivity contribution is 0.0307. The monoisotopic (exact) mass is 212 g/mol. The molecule has 0 saturated carbocycles. The second-order valence-electron chi connectivity index (χ2n) is 4.52. The van der Waals surface area contributed by atoms with E-state index in [1.165, 1.54) is 19.3 Å². The van der Waals surface area contributed by atoms with Crippen LogP contribution in [0.2, 0.25) is 0 Å². The van der Waals surface area contributed by atoms with E-state index in [0.717, 1.165) is 25.2 Å². The fourth-order valence-corrected chi connectivity index (χ4v) is 2.02. The molecule has 0 aromatic rings. The molecule has 4 heteroatoms. The van der Waals surface area contributed by atoms with Crippen LogP contribution in [0.3, 0.4) is 0 Å². The highest BCUT2D eigenvalue weighted by atomic mass is 16.5. The molecule has 1 atom stereocenters. The van der Waals surface area contributed by atoms with Gasteiger partial charge in [0, 0.05) is 32.5 Å². The van der Waals surface area contributed by atoms with Gasteiger partial charge in [0.15, 0.2) is 0 Å². The molecule has 0 radical (unpaired) electrons. The number of aliphatic imine (C=N–C) groups is 1. The summed E-state index contributed by atoms with van der Waals surface area (Å²) in [5.74, 6) is 1.06. The van der Waals surface area contributed by atoms with Crippen molar-refractivity contribution in [3.05, 3.63) is 0 Å². The quantitative estimate of drug-likeness (QED) is 0.708. The van der Waals surface area contributed by atoms with Gasteiger partial charge in [-0.3, -0.25) is 4.99 Å². The third-order valence-corrected chi connectivity index (χ3v) is 3.08. The normalized spacial score (nSPS) is 32.2. The zero-order chi connectivity index (χ0) is 10.6. The number of ether oxygens (including phenoxy) is 1. The summed E-state index contributed by atoms with van der Waals surface area (Å²) in [5.41, 5.74) is -0.672. The Morgan fingerprint density at radius 2 is 2.33 bits per heavy atom. The standard InChI is InChI=1S/C11H20N2O2/c14-11(5-7-15-9-11)8-13-10-4-2-1-3-6-12-10/h14H,1-9H2,(H,12,13). The van der Waals surface area contributed by atoms with Gasteiger partial charge in [0.05, 0.1) is 12.4 Å². The highest BCUT2D eigenvalue weighted by molar-refractivity contribution is 5.82. The summed E-state index contributed by atoms with van der Waals surface area (Å²) in [6.45, 7) is 2.63. The van der Waals surface area contributed by atoms with Gasteiger partial charge in [0.25, 0.3) is 0 Å². The van der Waals surface area contributed by atoms with Gasteiger partial charge in [-0.15, -0.1) is 0 Å². The zero-order valence-electron chi connectivity index (χ0n) is 9.17. The third-order valence-electron chi connectivity index (χ3n) is 3.08. The average molecular weight is 212 g/mol. The van der Waals surface area contributed by atoms with Gasteiger partial charge in [-0.05, 0) is 12.8 Å². The van der Waals surface area contributed by atoms with Crippen molar-refractivity contribution in [3.8, 4) is 0 Å². The van der Waals surface area contributed by atoms with Crippen molar-refractivity contribution in [2.24, 2.45) is 4.99 Å². The second-order valence-corrected chi connectivity index (χ2v) is 4.52. The third kappa shape index (κ3) is 3.18. The Morgan fingerprint density at radius 3 is 3.13 bits per heavy atom. The highest BCUT2D eigenvalue weighted by Gasteiger charge is 2.32. The van der Waals surface area contributed by atoms with Crippen molar-refractivity contribution in [1.82, 2.24) is 5.32 Å². The van der Waals surface area contributed by atoms with Gasteiger partial charge in [-0.25, -0.2) is 0 Å². The Kier molecular flexibility index (Phi) is 3.59. The first-order valence-corrected chi connectivity index (χ1v) is 5.86. The number of nitrogens with one attached hydrogen (secondary N) is 1. The number of rotatable bonds is 2. The minimum atomic E-state index is -0.672. The predicted molar refractivity (Wildman–Crippen MR) is 59.2 cm³/mol. The van der Waals surface area contributed by atoms with Crippen LogP contribution < -0.4 is 5.32 Å². The molecule has 86 valence electrons. The Hall–Kier alpha value is -0.610. The minimum Gasteiger partial charge on any atom is -0.386 e. The summed E-state index contributed by atoms with van der Waals surface area (Å²) in [7, 11) is 0. The van der Waals surface area contributed by atoms with Crippen LogP contribution in [-0.4, -0.2) is 42.8 Å². The van der Waals surface area contributed by atoms with E-state index >= 15 is 0 Å². The molecule has 0 aromatic heterocycles. The lowest BCUT2D eigenvalue weighted by Gasteiger charge is -2.21. The van der Waals surface area contributed by atoms with E-state index in [0.29, 0.717) is 19.8 Å². The first-order valence-electron chi connectivity index (χ1n) is 5.86. The number of hydrogen-bond donors (Lipinski definition) is 2. The predicted octanol–water partition coefficient (Wildman–Crippen LogP) is 0.700. The molecule has 0 bridgehead atoms. The first kappa shape index (κ1) is 10.9. The van der Waals surface area contributed by atoms with E-state index in [-0.39, 0.29) is 0 Å². The van der Waals surface area contributed by atoms with Crippen molar-refractivity contribution >= 4 is 5.84 Å². The van der Waals surface area contributed by atoms with Gasteiger partial charge in [0.2, 0.25) is 0 Å². The van der Waals surface area contributed by atoms with Crippen LogP contribution in [0.4, 0.5) is 0 Å². The van der Waals surface area contributed by atoms with E-state index in [1.807, 2.05) is 0 Å². The fourth-order valence-electron chi connectivity index (χ4n) is 2.02. The second kappa shape index (κ2) is 4.94. The Bertz CT molecular complexity index is 235. The fraction of sp³-hybridized carbons (Fsp3) is 0.909. The molecule has 2 rings (SSSR count). The van der Waals surface area contributed by atoms with Crippen LogP contribution >= 0.6 is 0 Å². The van der Waals surface area contributed by atoms with Gasteiger partial charge in [-0.2, -0.15) is 0 Å². The van der Waals surface area contributed by atoms with Gasteiger partial charge in [0.1, 0.15) is 5.60 Å². The molecule has 1 saturated heterocycles. The minimum absolute atomic E-state index is 0.452. The van der Waals surface area contributed by atoms with Crippen LogP contribution in [0.25, 0.3) is 0 Å². The molecule has 2 aliphatic rings. The van der Waals surface area contributed by atoms with Crippen molar-refractivity contribution in [2.45, 2.75) is 37.7 Å². The van der Waals surface area contributed by atoms with Crippen LogP contribution in [0.1, 0.15) is 32.1 Å². The molecule has 0 spiro atoms. The summed E-state index contributed by atoms with van der Waals surface area (Å²) >= 11 is 0. The largest absolute Gasteiger partial charge is 0.386 e. The van der Waals surface area contributed by atoms with E-state index in [2.05, 4.69) is 10.3 Å². The van der Waals surface area contributed by atoms with Crippen molar-refractivity contribution in [3.63, 3.8) is 0 Å². The molecule has 4 nitrogen and oxygen atoms in total. The van der Waals surface area contributed by atoms with Gasteiger partial charge < -0.3 is 15.2 Å². The molecule has 2 aliphatic heterocycles. The first-order chi connectivity index (χ1) is 7.29. The van der Waals surface area contributed by atoms with Crippen molar-refractivity contribution in [2.75, 3.05) is 26.3 Å². The number of nitrogens with zero attached hydrogens (tertiary/aromatic N) is 1. The summed E-state index contributed by atoms with van der Waals surface area (Å²) in [6.07, 6.45) is 5.42. The molecule has 2 N–H and O–H groups in total. The maximum atomic E-state index is 10.0. The van der Waals surface area contributed by atoms with Crippen molar-refractivity contribution < 1.29 is 9.84 Å². The Morgan fingerprint density at radius 1 is 1.40 bits per heavy atom. The molecular weight excluding hydrogens is 192 g/mol. The summed E-state index contributed by atoms with van der Waals surface area (Å²) in [6, 6.07) is 0. The van der Waals surface area contributed by atoms with E-state index in [9.17, 15) is 5.11 Å². The molecule has 0 aromatic carbocycles. The van der Waals surface area contributed by atoms with Crippen LogP contribution in [0, 0.1) is 0 Å². The molecular formula is C11H20N2O2. The topological polar surface area (TPSA) is 53.8 Å². The zero-order valence-corrected chi connectivity index (χ0v) is 9.17. The number of hydrogen-bond acceptors (Lipinski definition) is 4. The molecule has 1 unspecified atom stereocenters. The Balaban J connectivity index is 1.78. The summed E-state index contributed by atoms with van der Waals surface area (Å²) in [4.78, 5) is 4.47. The van der Waals surface area contributed by atoms with E-state index < -0.39 is 5.60 Å². The number of amidine groups is 1. The lowest BCUT2D eigenvalue weighted by Crippen LogP contribution is -2.43. The van der Waals surface area contributed by atoms with Gasteiger partial charge in [-0.1, -0.05) is 6.42 Å². The van der Waals surface area contributed by atoms with Gasteiger partial charge >= 0.3 is 0 Å². The summed E-state index contributed by atoms with van der Waals surface area (Å²) < 4.78 is 5.19. The molecule has 15 heavy (non-hydrogen) atoms. The summed E-state index contributed by atoms with van der Waals surface area (Å²) in [5, 5.41) is 13.3. The van der Waals surface area contributed by atoms with E-state index in [4.69, 9.17) is 4.74 Å². The SMILES string of the molecule is OC1(CNC2=NCCCCC2)CCOC1. The van der Waals surface area contributed by atoms with Crippen LogP contribution in [0.5, 0.6) is 0 Å². The lowest BCUT2D eigenvalue weighted by atomic mass is 10.0. The van der Waals surface area contributed by atoms with E-state index in [1.54, 1.807) is 0 Å². The average Bonchev–Trinajstić information content (AvgIpc) is 2.53. The molecule has 0 aliphatic carbocycles. The number of aliphatic hydroxyl groups is 1. The maximum Gasteiger partial charge on any atom is 0.107 e. The van der Waals surface area contributed by atoms with Crippen LogP contribution in [-0.2, 0) is 4.74 Å².